The fourth-order valence-electron chi connectivity index (χ4n) is 2.67. The number of rotatable bonds is 4. The van der Waals surface area contributed by atoms with E-state index < -0.39 is 0 Å². The first-order chi connectivity index (χ1) is 9.22. The van der Waals surface area contributed by atoms with E-state index >= 15 is 0 Å². The number of benzene rings is 1. The van der Waals surface area contributed by atoms with Crippen molar-refractivity contribution >= 4 is 16.8 Å². The Morgan fingerprint density at radius 1 is 1.37 bits per heavy atom. The standard InChI is InChI=1S/C15H19N3O/c16-11-7-12(8-11)18-15(19)6-5-10-9-17-14-4-2-1-3-13(10)14/h1-4,9,11-12,17H,5-8,16H2,(H,18,19). The van der Waals surface area contributed by atoms with Gasteiger partial charge in [-0.3, -0.25) is 4.79 Å². The van der Waals surface area contributed by atoms with Crippen LogP contribution in [0, 0.1) is 0 Å². The van der Waals surface area contributed by atoms with Crippen LogP contribution in [-0.4, -0.2) is 23.0 Å². The van der Waals surface area contributed by atoms with Gasteiger partial charge in [-0.1, -0.05) is 18.2 Å². The van der Waals surface area contributed by atoms with Crippen molar-refractivity contribution in [2.45, 2.75) is 37.8 Å². The van der Waals surface area contributed by atoms with E-state index in [1.165, 1.54) is 10.9 Å². The van der Waals surface area contributed by atoms with Crippen LogP contribution in [0.15, 0.2) is 30.5 Å². The molecular weight excluding hydrogens is 238 g/mol. The lowest BCUT2D eigenvalue weighted by molar-refractivity contribution is -0.122. The van der Waals surface area contributed by atoms with Gasteiger partial charge in [0.15, 0.2) is 0 Å². The van der Waals surface area contributed by atoms with Gasteiger partial charge in [-0.15, -0.1) is 0 Å². The van der Waals surface area contributed by atoms with Crippen molar-refractivity contribution in [1.82, 2.24) is 10.3 Å². The lowest BCUT2D eigenvalue weighted by Gasteiger charge is -2.32. The van der Waals surface area contributed by atoms with Gasteiger partial charge < -0.3 is 16.0 Å². The molecule has 0 aliphatic heterocycles. The van der Waals surface area contributed by atoms with Crippen LogP contribution in [0.25, 0.3) is 10.9 Å². The molecule has 1 aromatic carbocycles. The maximum atomic E-state index is 11.8. The van der Waals surface area contributed by atoms with E-state index in [1.807, 2.05) is 18.3 Å². The Balaban J connectivity index is 1.55. The Kier molecular flexibility index (Phi) is 3.25. The highest BCUT2D eigenvalue weighted by atomic mass is 16.1. The number of hydrogen-bond acceptors (Lipinski definition) is 2. The van der Waals surface area contributed by atoms with Gasteiger partial charge in [0.25, 0.3) is 0 Å². The summed E-state index contributed by atoms with van der Waals surface area (Å²) < 4.78 is 0. The number of hydrogen-bond donors (Lipinski definition) is 3. The molecule has 0 radical (unpaired) electrons. The predicted molar refractivity (Wildman–Crippen MR) is 75.8 cm³/mol. The number of fused-ring (bicyclic) bond motifs is 1. The van der Waals surface area contributed by atoms with Crippen LogP contribution in [0.5, 0.6) is 0 Å². The number of aryl methyl sites for hydroxylation is 1. The summed E-state index contributed by atoms with van der Waals surface area (Å²) in [4.78, 5) is 15.1. The molecule has 1 heterocycles. The van der Waals surface area contributed by atoms with Gasteiger partial charge in [0.1, 0.15) is 0 Å². The van der Waals surface area contributed by atoms with Crippen molar-refractivity contribution in [3.63, 3.8) is 0 Å². The zero-order valence-corrected chi connectivity index (χ0v) is 10.9. The topological polar surface area (TPSA) is 70.9 Å². The first-order valence-electron chi connectivity index (χ1n) is 6.82. The van der Waals surface area contributed by atoms with Crippen LogP contribution in [0.3, 0.4) is 0 Å². The van der Waals surface area contributed by atoms with Gasteiger partial charge >= 0.3 is 0 Å². The Morgan fingerprint density at radius 3 is 2.95 bits per heavy atom. The molecule has 3 rings (SSSR count). The van der Waals surface area contributed by atoms with Crippen LogP contribution in [0.2, 0.25) is 0 Å². The number of aromatic nitrogens is 1. The zero-order valence-electron chi connectivity index (χ0n) is 10.9. The molecule has 0 atom stereocenters. The van der Waals surface area contributed by atoms with Crippen LogP contribution in [0.1, 0.15) is 24.8 Å². The zero-order chi connectivity index (χ0) is 13.2. The second-order valence-electron chi connectivity index (χ2n) is 5.36. The Hall–Kier alpha value is -1.81. The summed E-state index contributed by atoms with van der Waals surface area (Å²) in [7, 11) is 0. The Bertz CT molecular complexity index is 584. The maximum Gasteiger partial charge on any atom is 0.220 e. The molecule has 4 N–H and O–H groups in total. The lowest BCUT2D eigenvalue weighted by atomic mass is 9.87. The molecular formula is C15H19N3O. The van der Waals surface area contributed by atoms with Crippen molar-refractivity contribution in [3.05, 3.63) is 36.0 Å². The minimum absolute atomic E-state index is 0.127. The molecule has 1 fully saturated rings. The summed E-state index contributed by atoms with van der Waals surface area (Å²) >= 11 is 0. The van der Waals surface area contributed by atoms with Crippen molar-refractivity contribution in [3.8, 4) is 0 Å². The van der Waals surface area contributed by atoms with Gasteiger partial charge in [0.2, 0.25) is 5.91 Å². The average Bonchev–Trinajstić information content (AvgIpc) is 2.78. The quantitative estimate of drug-likeness (QED) is 0.780. The number of para-hydroxylation sites is 1. The van der Waals surface area contributed by atoms with Gasteiger partial charge in [-0.05, 0) is 30.9 Å². The molecule has 0 unspecified atom stereocenters. The fraction of sp³-hybridized carbons (Fsp3) is 0.400. The summed E-state index contributed by atoms with van der Waals surface area (Å²) in [6, 6.07) is 8.74. The van der Waals surface area contributed by atoms with E-state index in [-0.39, 0.29) is 11.9 Å². The summed E-state index contributed by atoms with van der Waals surface area (Å²) in [6.07, 6.45) is 5.14. The van der Waals surface area contributed by atoms with Crippen molar-refractivity contribution < 1.29 is 4.79 Å². The number of nitrogens with two attached hydrogens (primary N) is 1. The number of carbonyl (C=O) groups is 1. The molecule has 2 aromatic rings. The molecule has 19 heavy (non-hydrogen) atoms. The second-order valence-corrected chi connectivity index (χ2v) is 5.36. The molecule has 4 heteroatoms. The van der Waals surface area contributed by atoms with E-state index in [2.05, 4.69) is 22.4 Å². The predicted octanol–water partition coefficient (Wildman–Crippen LogP) is 1.71. The van der Waals surface area contributed by atoms with Gasteiger partial charge in [0, 0.05) is 35.6 Å². The number of nitrogens with one attached hydrogen (secondary N) is 2. The van der Waals surface area contributed by atoms with Crippen molar-refractivity contribution in [2.75, 3.05) is 0 Å². The third-order valence-corrected chi connectivity index (χ3v) is 3.84. The third kappa shape index (κ3) is 2.63. The molecule has 1 aliphatic carbocycles. The Labute approximate surface area is 112 Å². The first-order valence-corrected chi connectivity index (χ1v) is 6.82. The van der Waals surface area contributed by atoms with Crippen LogP contribution in [-0.2, 0) is 11.2 Å². The molecule has 100 valence electrons. The largest absolute Gasteiger partial charge is 0.361 e. The van der Waals surface area contributed by atoms with E-state index in [1.54, 1.807) is 0 Å². The summed E-state index contributed by atoms with van der Waals surface area (Å²) in [5.74, 6) is 0.127. The third-order valence-electron chi connectivity index (χ3n) is 3.84. The molecule has 0 bridgehead atoms. The molecule has 1 aliphatic rings. The molecule has 1 aromatic heterocycles. The minimum Gasteiger partial charge on any atom is -0.361 e. The minimum atomic E-state index is 0.127. The first kappa shape index (κ1) is 12.2. The summed E-state index contributed by atoms with van der Waals surface area (Å²) in [6.45, 7) is 0. The molecule has 0 saturated heterocycles. The van der Waals surface area contributed by atoms with E-state index in [9.17, 15) is 4.79 Å². The van der Waals surface area contributed by atoms with Gasteiger partial charge in [-0.25, -0.2) is 0 Å². The van der Waals surface area contributed by atoms with Crippen molar-refractivity contribution in [1.29, 1.82) is 0 Å². The molecule has 4 nitrogen and oxygen atoms in total. The average molecular weight is 257 g/mol. The van der Waals surface area contributed by atoms with Crippen LogP contribution >= 0.6 is 0 Å². The smallest absolute Gasteiger partial charge is 0.220 e. The molecule has 0 spiro atoms. The highest BCUT2D eigenvalue weighted by molar-refractivity contribution is 5.84. The number of carbonyl (C=O) groups excluding carboxylic acids is 1. The molecule has 1 saturated carbocycles. The second kappa shape index (κ2) is 5.05. The van der Waals surface area contributed by atoms with Gasteiger partial charge in [-0.2, -0.15) is 0 Å². The number of amides is 1. The highest BCUT2D eigenvalue weighted by Crippen LogP contribution is 2.20. The fourth-order valence-corrected chi connectivity index (χ4v) is 2.67. The van der Waals surface area contributed by atoms with Crippen LogP contribution in [0.4, 0.5) is 0 Å². The Morgan fingerprint density at radius 2 is 2.16 bits per heavy atom. The number of aromatic amines is 1. The SMILES string of the molecule is NC1CC(NC(=O)CCc2c[nH]c3ccccc23)C1. The monoisotopic (exact) mass is 257 g/mol. The normalized spacial score (nSPS) is 22.2. The summed E-state index contributed by atoms with van der Waals surface area (Å²) in [5.41, 5.74) is 8.03. The van der Waals surface area contributed by atoms with Gasteiger partial charge in [0.05, 0.1) is 0 Å². The maximum absolute atomic E-state index is 11.8. The summed E-state index contributed by atoms with van der Waals surface area (Å²) in [5, 5.41) is 4.24. The number of H-pyrrole nitrogens is 1. The van der Waals surface area contributed by atoms with E-state index in [0.717, 1.165) is 24.8 Å². The van der Waals surface area contributed by atoms with E-state index in [0.29, 0.717) is 12.5 Å². The van der Waals surface area contributed by atoms with Crippen molar-refractivity contribution in [2.24, 2.45) is 5.73 Å². The van der Waals surface area contributed by atoms with Crippen LogP contribution < -0.4 is 11.1 Å². The molecule has 1 amide bonds. The lowest BCUT2D eigenvalue weighted by Crippen LogP contribution is -2.50. The highest BCUT2D eigenvalue weighted by Gasteiger charge is 2.26. The van der Waals surface area contributed by atoms with E-state index in [4.69, 9.17) is 5.73 Å².